The van der Waals surface area contributed by atoms with Gasteiger partial charge in [0.2, 0.25) is 0 Å². The van der Waals surface area contributed by atoms with Crippen LogP contribution in [-0.2, 0) is 13.0 Å². The molecule has 1 atom stereocenters. The van der Waals surface area contributed by atoms with Gasteiger partial charge in [0, 0.05) is 12.6 Å². The van der Waals surface area contributed by atoms with Crippen LogP contribution in [0.4, 0.5) is 0 Å². The lowest BCUT2D eigenvalue weighted by Crippen LogP contribution is -2.26. The van der Waals surface area contributed by atoms with Crippen LogP contribution in [0.1, 0.15) is 37.8 Å². The number of benzene rings is 2. The SMILES string of the molecule is CCCOc1c(Br)cc(CN[C@@H](C)CCc2ccccc2)cc1OC. The third-order valence-corrected chi connectivity index (χ3v) is 4.69. The molecular formula is C21H28BrNO2. The highest BCUT2D eigenvalue weighted by atomic mass is 79.9. The van der Waals surface area contributed by atoms with Gasteiger partial charge in [-0.15, -0.1) is 0 Å². The number of methoxy groups -OCH3 is 1. The van der Waals surface area contributed by atoms with Crippen LogP contribution < -0.4 is 14.8 Å². The van der Waals surface area contributed by atoms with Gasteiger partial charge in [-0.1, -0.05) is 37.3 Å². The van der Waals surface area contributed by atoms with Crippen molar-refractivity contribution in [1.29, 1.82) is 0 Å². The molecule has 0 spiro atoms. The van der Waals surface area contributed by atoms with Gasteiger partial charge in [0.05, 0.1) is 18.2 Å². The molecule has 0 bridgehead atoms. The van der Waals surface area contributed by atoms with E-state index in [0.717, 1.165) is 41.8 Å². The Balaban J connectivity index is 1.90. The molecule has 3 nitrogen and oxygen atoms in total. The second-order valence-electron chi connectivity index (χ2n) is 6.26. The zero-order chi connectivity index (χ0) is 18.1. The molecule has 0 heterocycles. The van der Waals surface area contributed by atoms with Gasteiger partial charge in [0.1, 0.15) is 0 Å². The summed E-state index contributed by atoms with van der Waals surface area (Å²) in [5, 5.41) is 3.59. The average molecular weight is 406 g/mol. The van der Waals surface area contributed by atoms with Crippen LogP contribution in [0.3, 0.4) is 0 Å². The first-order valence-corrected chi connectivity index (χ1v) is 9.69. The Morgan fingerprint density at radius 1 is 1.12 bits per heavy atom. The molecule has 25 heavy (non-hydrogen) atoms. The monoisotopic (exact) mass is 405 g/mol. The van der Waals surface area contributed by atoms with Crippen LogP contribution in [0.2, 0.25) is 0 Å². The fraction of sp³-hybridized carbons (Fsp3) is 0.429. The minimum atomic E-state index is 0.445. The summed E-state index contributed by atoms with van der Waals surface area (Å²) in [6.45, 7) is 5.81. The standard InChI is InChI=1S/C21H28BrNO2/c1-4-12-25-21-19(22)13-18(14-20(21)24-3)15-23-16(2)10-11-17-8-6-5-7-9-17/h5-9,13-14,16,23H,4,10-12,15H2,1-3H3/t16-/m0/s1. The first kappa shape index (κ1) is 19.8. The van der Waals surface area contributed by atoms with Gasteiger partial charge in [-0.05, 0) is 65.4 Å². The molecule has 0 radical (unpaired) electrons. The third kappa shape index (κ3) is 6.37. The molecule has 0 aliphatic heterocycles. The number of hydrogen-bond donors (Lipinski definition) is 1. The zero-order valence-electron chi connectivity index (χ0n) is 15.3. The largest absolute Gasteiger partial charge is 0.493 e. The number of halogens is 1. The predicted octanol–water partition coefficient (Wildman–Crippen LogP) is 5.36. The molecule has 2 rings (SSSR count). The van der Waals surface area contributed by atoms with E-state index in [2.05, 4.69) is 71.5 Å². The highest BCUT2D eigenvalue weighted by molar-refractivity contribution is 9.10. The van der Waals surface area contributed by atoms with Crippen molar-refractivity contribution >= 4 is 15.9 Å². The first-order chi connectivity index (χ1) is 12.1. The minimum absolute atomic E-state index is 0.445. The molecule has 0 aromatic heterocycles. The quantitative estimate of drug-likeness (QED) is 0.577. The minimum Gasteiger partial charge on any atom is -0.493 e. The van der Waals surface area contributed by atoms with Gasteiger partial charge in [0.15, 0.2) is 11.5 Å². The van der Waals surface area contributed by atoms with E-state index in [1.54, 1.807) is 7.11 Å². The summed E-state index contributed by atoms with van der Waals surface area (Å²) in [7, 11) is 1.68. The summed E-state index contributed by atoms with van der Waals surface area (Å²) in [5.74, 6) is 1.56. The number of ether oxygens (including phenoxy) is 2. The summed E-state index contributed by atoms with van der Waals surface area (Å²) in [6.07, 6.45) is 3.17. The van der Waals surface area contributed by atoms with Gasteiger partial charge in [0.25, 0.3) is 0 Å². The van der Waals surface area contributed by atoms with Gasteiger partial charge < -0.3 is 14.8 Å². The Morgan fingerprint density at radius 3 is 2.56 bits per heavy atom. The van der Waals surface area contributed by atoms with E-state index in [-0.39, 0.29) is 0 Å². The molecule has 4 heteroatoms. The average Bonchev–Trinajstić information content (AvgIpc) is 2.64. The Kier molecular flexibility index (Phi) is 8.29. The third-order valence-electron chi connectivity index (χ3n) is 4.10. The summed E-state index contributed by atoms with van der Waals surface area (Å²) >= 11 is 3.60. The molecule has 0 saturated carbocycles. The Bertz CT molecular complexity index is 646. The molecule has 0 aliphatic rings. The molecule has 0 unspecified atom stereocenters. The van der Waals surface area contributed by atoms with Crippen molar-refractivity contribution in [3.05, 3.63) is 58.1 Å². The van der Waals surface area contributed by atoms with E-state index in [9.17, 15) is 0 Å². The molecule has 136 valence electrons. The highest BCUT2D eigenvalue weighted by Gasteiger charge is 2.12. The lowest BCUT2D eigenvalue weighted by molar-refractivity contribution is 0.292. The fourth-order valence-corrected chi connectivity index (χ4v) is 3.25. The predicted molar refractivity (Wildman–Crippen MR) is 108 cm³/mol. The fourth-order valence-electron chi connectivity index (χ4n) is 2.64. The Labute approximate surface area is 159 Å². The molecule has 0 amide bonds. The maximum absolute atomic E-state index is 5.78. The summed E-state index contributed by atoms with van der Waals surface area (Å²) in [4.78, 5) is 0. The molecule has 1 N–H and O–H groups in total. The molecule has 0 fully saturated rings. The number of nitrogens with one attached hydrogen (secondary N) is 1. The number of hydrogen-bond acceptors (Lipinski definition) is 3. The van der Waals surface area contributed by atoms with Gasteiger partial charge in [-0.2, -0.15) is 0 Å². The van der Waals surface area contributed by atoms with Crippen molar-refractivity contribution in [3.8, 4) is 11.5 Å². The zero-order valence-corrected chi connectivity index (χ0v) is 16.9. The van der Waals surface area contributed by atoms with Gasteiger partial charge in [-0.25, -0.2) is 0 Å². The van der Waals surface area contributed by atoms with Gasteiger partial charge >= 0.3 is 0 Å². The number of rotatable bonds is 10. The topological polar surface area (TPSA) is 30.5 Å². The van der Waals surface area contributed by atoms with E-state index >= 15 is 0 Å². The van der Waals surface area contributed by atoms with Crippen molar-refractivity contribution in [2.24, 2.45) is 0 Å². The Hall–Kier alpha value is -1.52. The van der Waals surface area contributed by atoms with Crippen molar-refractivity contribution < 1.29 is 9.47 Å². The molecular weight excluding hydrogens is 378 g/mol. The Morgan fingerprint density at radius 2 is 1.88 bits per heavy atom. The summed E-state index contributed by atoms with van der Waals surface area (Å²) < 4.78 is 12.2. The first-order valence-electron chi connectivity index (χ1n) is 8.90. The van der Waals surface area contributed by atoms with Crippen molar-refractivity contribution in [2.45, 2.75) is 45.7 Å². The highest BCUT2D eigenvalue weighted by Crippen LogP contribution is 2.36. The van der Waals surface area contributed by atoms with E-state index in [1.165, 1.54) is 11.1 Å². The van der Waals surface area contributed by atoms with Crippen LogP contribution in [0.25, 0.3) is 0 Å². The second kappa shape index (κ2) is 10.5. The molecule has 2 aromatic rings. The maximum Gasteiger partial charge on any atom is 0.175 e. The van der Waals surface area contributed by atoms with Crippen molar-refractivity contribution in [1.82, 2.24) is 5.32 Å². The smallest absolute Gasteiger partial charge is 0.175 e. The van der Waals surface area contributed by atoms with Crippen LogP contribution in [0.15, 0.2) is 46.9 Å². The van der Waals surface area contributed by atoms with Crippen LogP contribution in [0.5, 0.6) is 11.5 Å². The van der Waals surface area contributed by atoms with Gasteiger partial charge in [-0.3, -0.25) is 0 Å². The van der Waals surface area contributed by atoms with Crippen LogP contribution in [-0.4, -0.2) is 19.8 Å². The number of aryl methyl sites for hydroxylation is 1. The maximum atomic E-state index is 5.78. The van der Waals surface area contributed by atoms with Crippen LogP contribution in [0, 0.1) is 0 Å². The summed E-state index contributed by atoms with van der Waals surface area (Å²) in [6, 6.07) is 15.2. The normalized spacial score (nSPS) is 12.0. The van der Waals surface area contributed by atoms with Crippen LogP contribution >= 0.6 is 15.9 Å². The van der Waals surface area contributed by atoms with E-state index < -0.39 is 0 Å². The van der Waals surface area contributed by atoms with E-state index in [1.807, 2.05) is 6.07 Å². The van der Waals surface area contributed by atoms with E-state index in [0.29, 0.717) is 12.6 Å². The lowest BCUT2D eigenvalue weighted by atomic mass is 10.1. The van der Waals surface area contributed by atoms with Crippen molar-refractivity contribution in [3.63, 3.8) is 0 Å². The molecule has 0 aliphatic carbocycles. The van der Waals surface area contributed by atoms with E-state index in [4.69, 9.17) is 9.47 Å². The lowest BCUT2D eigenvalue weighted by Gasteiger charge is -2.17. The second-order valence-corrected chi connectivity index (χ2v) is 7.12. The summed E-state index contributed by atoms with van der Waals surface area (Å²) in [5.41, 5.74) is 2.57. The molecule has 2 aromatic carbocycles. The van der Waals surface area contributed by atoms with Crippen molar-refractivity contribution in [2.75, 3.05) is 13.7 Å². The molecule has 0 saturated heterocycles.